The molecule has 0 fully saturated rings. The van der Waals surface area contributed by atoms with E-state index in [0.29, 0.717) is 6.29 Å². The monoisotopic (exact) mass is 129 g/mol. The Morgan fingerprint density at radius 2 is 2.22 bits per heavy atom. The summed E-state index contributed by atoms with van der Waals surface area (Å²) in [6.45, 7) is 2.78. The normalized spacial score (nSPS) is 6.33. The summed E-state index contributed by atoms with van der Waals surface area (Å²) in [5, 5.41) is 7.58. The molecule has 3 nitrogen and oxygen atoms in total. The van der Waals surface area contributed by atoms with Crippen LogP contribution < -0.4 is 0 Å². The van der Waals surface area contributed by atoms with Crippen LogP contribution in [0.1, 0.15) is 13.3 Å². The Labute approximate surface area is 55.2 Å². The molecule has 0 aliphatic rings. The standard InChI is InChI=1S/C3H3NO.C3H8O/c4-2-1-3-5;1-3-4-2/h3H,1H2;3H2,1-2H3. The largest absolute Gasteiger partial charge is 0.385 e. The van der Waals surface area contributed by atoms with E-state index in [1.165, 1.54) is 0 Å². The third-order valence-electron chi connectivity index (χ3n) is 0.463. The SMILES string of the molecule is CCOC.N#CCC=O. The molecule has 0 aromatic carbocycles. The maximum Gasteiger partial charge on any atom is 0.134 e. The van der Waals surface area contributed by atoms with Crippen molar-refractivity contribution in [2.45, 2.75) is 13.3 Å². The number of carbonyl (C=O) groups excluding carboxylic acids is 1. The third-order valence-corrected chi connectivity index (χ3v) is 0.463. The van der Waals surface area contributed by atoms with Gasteiger partial charge in [-0.15, -0.1) is 0 Å². The zero-order valence-electron chi connectivity index (χ0n) is 5.76. The van der Waals surface area contributed by atoms with E-state index in [-0.39, 0.29) is 6.42 Å². The maximum absolute atomic E-state index is 9.18. The Balaban J connectivity index is 0. The molecule has 52 valence electrons. The van der Waals surface area contributed by atoms with E-state index in [1.54, 1.807) is 13.2 Å². The molecule has 0 amide bonds. The topological polar surface area (TPSA) is 50.1 Å². The molecule has 0 rings (SSSR count). The van der Waals surface area contributed by atoms with Crippen LogP contribution in [0.15, 0.2) is 0 Å². The molecule has 0 aliphatic carbocycles. The van der Waals surface area contributed by atoms with Crippen LogP contribution in [0, 0.1) is 11.3 Å². The summed E-state index contributed by atoms with van der Waals surface area (Å²) in [7, 11) is 1.68. The minimum absolute atomic E-state index is 0.0139. The maximum atomic E-state index is 9.18. The highest BCUT2D eigenvalue weighted by Crippen LogP contribution is 1.55. The molecule has 0 aromatic heterocycles. The second kappa shape index (κ2) is 15.7. The van der Waals surface area contributed by atoms with Gasteiger partial charge in [0, 0.05) is 13.7 Å². The predicted octanol–water partition coefficient (Wildman–Crippen LogP) is 0.752. The number of carbonyl (C=O) groups is 1. The van der Waals surface area contributed by atoms with E-state index >= 15 is 0 Å². The minimum Gasteiger partial charge on any atom is -0.385 e. The fourth-order valence-electron chi connectivity index (χ4n) is 0.0373. The van der Waals surface area contributed by atoms with Crippen molar-refractivity contribution < 1.29 is 9.53 Å². The minimum atomic E-state index is 0.0139. The molecule has 0 bridgehead atoms. The lowest BCUT2D eigenvalue weighted by Crippen LogP contribution is -1.73. The number of methoxy groups -OCH3 is 1. The van der Waals surface area contributed by atoms with Crippen LogP contribution >= 0.6 is 0 Å². The van der Waals surface area contributed by atoms with Gasteiger partial charge in [0.1, 0.15) is 6.29 Å². The lowest BCUT2D eigenvalue weighted by Gasteiger charge is -1.76. The van der Waals surface area contributed by atoms with Gasteiger partial charge in [0.05, 0.1) is 12.5 Å². The molecular formula is C6H11NO2. The number of nitrogens with zero attached hydrogens (tertiary/aromatic N) is 1. The molecule has 0 radical (unpaired) electrons. The molecule has 0 atom stereocenters. The zero-order chi connectivity index (χ0) is 7.54. The van der Waals surface area contributed by atoms with Crippen molar-refractivity contribution in [3.63, 3.8) is 0 Å². The Morgan fingerprint density at radius 1 is 1.78 bits per heavy atom. The van der Waals surface area contributed by atoms with Crippen molar-refractivity contribution in [3.8, 4) is 6.07 Å². The molecular weight excluding hydrogens is 118 g/mol. The number of hydrogen-bond donors (Lipinski definition) is 0. The van der Waals surface area contributed by atoms with Gasteiger partial charge in [0.15, 0.2) is 0 Å². The predicted molar refractivity (Wildman–Crippen MR) is 33.8 cm³/mol. The van der Waals surface area contributed by atoms with Crippen LogP contribution in [0.2, 0.25) is 0 Å². The van der Waals surface area contributed by atoms with Crippen LogP contribution in [0.4, 0.5) is 0 Å². The quantitative estimate of drug-likeness (QED) is 0.517. The molecule has 0 N–H and O–H groups in total. The van der Waals surface area contributed by atoms with Crippen molar-refractivity contribution in [3.05, 3.63) is 0 Å². The summed E-state index contributed by atoms with van der Waals surface area (Å²) < 4.78 is 4.54. The lowest BCUT2D eigenvalue weighted by atomic mass is 10.5. The first-order chi connectivity index (χ1) is 4.33. The summed E-state index contributed by atoms with van der Waals surface area (Å²) in [5.41, 5.74) is 0. The fourth-order valence-corrected chi connectivity index (χ4v) is 0.0373. The van der Waals surface area contributed by atoms with Gasteiger partial charge in [-0.2, -0.15) is 5.26 Å². The smallest absolute Gasteiger partial charge is 0.134 e. The molecule has 0 aliphatic heterocycles. The van der Waals surface area contributed by atoms with Gasteiger partial charge in [-0.1, -0.05) is 0 Å². The summed E-state index contributed by atoms with van der Waals surface area (Å²) >= 11 is 0. The summed E-state index contributed by atoms with van der Waals surface area (Å²) in [5.74, 6) is 0. The lowest BCUT2D eigenvalue weighted by molar-refractivity contribution is -0.107. The highest BCUT2D eigenvalue weighted by Gasteiger charge is 1.63. The van der Waals surface area contributed by atoms with Crippen molar-refractivity contribution in [2.24, 2.45) is 0 Å². The fraction of sp³-hybridized carbons (Fsp3) is 0.667. The highest BCUT2D eigenvalue weighted by atomic mass is 16.5. The van der Waals surface area contributed by atoms with Crippen molar-refractivity contribution in [1.82, 2.24) is 0 Å². The van der Waals surface area contributed by atoms with E-state index in [9.17, 15) is 4.79 Å². The van der Waals surface area contributed by atoms with Crippen LogP contribution in [0.5, 0.6) is 0 Å². The molecule has 3 heteroatoms. The number of hydrogen-bond acceptors (Lipinski definition) is 3. The highest BCUT2D eigenvalue weighted by molar-refractivity contribution is 5.52. The Hall–Kier alpha value is -0.880. The Morgan fingerprint density at radius 3 is 2.22 bits per heavy atom. The van der Waals surface area contributed by atoms with Crippen LogP contribution in [0.3, 0.4) is 0 Å². The molecule has 0 aromatic rings. The van der Waals surface area contributed by atoms with Gasteiger partial charge >= 0.3 is 0 Å². The molecule has 0 unspecified atom stereocenters. The molecule has 0 heterocycles. The Kier molecular flexibility index (Phi) is 19.2. The number of rotatable bonds is 2. The second-order valence-electron chi connectivity index (χ2n) is 1.11. The van der Waals surface area contributed by atoms with Crippen LogP contribution in [-0.2, 0) is 9.53 Å². The van der Waals surface area contributed by atoms with Crippen molar-refractivity contribution in [1.29, 1.82) is 5.26 Å². The first-order valence-electron chi connectivity index (χ1n) is 2.63. The third kappa shape index (κ3) is 41.5. The molecule has 0 saturated carbocycles. The van der Waals surface area contributed by atoms with E-state index < -0.39 is 0 Å². The van der Waals surface area contributed by atoms with Gasteiger partial charge < -0.3 is 9.53 Å². The van der Waals surface area contributed by atoms with Crippen molar-refractivity contribution >= 4 is 6.29 Å². The van der Waals surface area contributed by atoms with Gasteiger partial charge in [0.2, 0.25) is 0 Å². The summed E-state index contributed by atoms with van der Waals surface area (Å²) in [6, 6.07) is 1.65. The summed E-state index contributed by atoms with van der Waals surface area (Å²) in [6.07, 6.45) is 0.583. The van der Waals surface area contributed by atoms with Crippen LogP contribution in [0.25, 0.3) is 0 Å². The molecule has 9 heavy (non-hydrogen) atoms. The summed E-state index contributed by atoms with van der Waals surface area (Å²) in [4.78, 5) is 9.18. The number of nitriles is 1. The van der Waals surface area contributed by atoms with Crippen molar-refractivity contribution in [2.75, 3.05) is 13.7 Å². The van der Waals surface area contributed by atoms with E-state index in [2.05, 4.69) is 4.74 Å². The van der Waals surface area contributed by atoms with Crippen LogP contribution in [-0.4, -0.2) is 20.0 Å². The average Bonchev–Trinajstić information content (AvgIpc) is 1.91. The zero-order valence-corrected chi connectivity index (χ0v) is 5.76. The first-order valence-corrected chi connectivity index (χ1v) is 2.63. The van der Waals surface area contributed by atoms with Gasteiger partial charge in [0.25, 0.3) is 0 Å². The Bertz CT molecular complexity index is 83.5. The van der Waals surface area contributed by atoms with Gasteiger partial charge in [-0.25, -0.2) is 0 Å². The second-order valence-corrected chi connectivity index (χ2v) is 1.11. The van der Waals surface area contributed by atoms with Gasteiger partial charge in [-0.05, 0) is 6.92 Å². The van der Waals surface area contributed by atoms with Gasteiger partial charge in [-0.3, -0.25) is 0 Å². The number of aldehydes is 1. The molecule has 0 spiro atoms. The number of ether oxygens (including phenoxy) is 1. The average molecular weight is 129 g/mol. The molecule has 0 saturated heterocycles. The van der Waals surface area contributed by atoms with E-state index in [0.717, 1.165) is 6.61 Å². The van der Waals surface area contributed by atoms with E-state index in [1.807, 2.05) is 6.92 Å². The van der Waals surface area contributed by atoms with E-state index in [4.69, 9.17) is 5.26 Å². The first kappa shape index (κ1) is 11.0.